The Morgan fingerprint density at radius 1 is 1.09 bits per heavy atom. The molecule has 1 saturated heterocycles. The molecule has 0 saturated carbocycles. The molecule has 33 heavy (non-hydrogen) atoms. The lowest BCUT2D eigenvalue weighted by Gasteiger charge is -2.23. The third-order valence-corrected chi connectivity index (χ3v) is 7.30. The number of hydrogen-bond acceptors (Lipinski definition) is 4. The Balaban J connectivity index is 1.49. The summed E-state index contributed by atoms with van der Waals surface area (Å²) in [5, 5.41) is 13.1. The lowest BCUT2D eigenvalue weighted by atomic mass is 10.00. The first-order valence-corrected chi connectivity index (χ1v) is 11.7. The number of thiocarbonyl (C=S) groups is 1. The van der Waals surface area contributed by atoms with Crippen molar-refractivity contribution in [3.8, 4) is 0 Å². The summed E-state index contributed by atoms with van der Waals surface area (Å²) in [5.74, 6) is -1.46. The van der Waals surface area contributed by atoms with Gasteiger partial charge in [-0.05, 0) is 46.5 Å². The van der Waals surface area contributed by atoms with Crippen molar-refractivity contribution in [2.24, 2.45) is 0 Å². The van der Waals surface area contributed by atoms with E-state index in [-0.39, 0.29) is 16.6 Å². The molecule has 3 aromatic carbocycles. The first-order chi connectivity index (χ1) is 15.9. The third-order valence-electron chi connectivity index (χ3n) is 5.97. The molecule has 5 rings (SSSR count). The first-order valence-electron chi connectivity index (χ1n) is 10.5. The van der Waals surface area contributed by atoms with Crippen molar-refractivity contribution < 1.29 is 14.7 Å². The Kier molecular flexibility index (Phi) is 5.52. The van der Waals surface area contributed by atoms with Crippen molar-refractivity contribution in [2.45, 2.75) is 19.4 Å². The topological polar surface area (TPSA) is 73.4 Å². The second-order valence-electron chi connectivity index (χ2n) is 7.99. The highest BCUT2D eigenvalue weighted by atomic mass is 32.2. The smallest absolute Gasteiger partial charge is 0.327 e. The number of aliphatic carboxylic acids is 1. The lowest BCUT2D eigenvalue weighted by molar-refractivity contribution is -0.145. The molecule has 2 N–H and O–H groups in total. The molecule has 1 aliphatic rings. The van der Waals surface area contributed by atoms with Gasteiger partial charge in [0.15, 0.2) is 0 Å². The molecular weight excluding hydrogens is 452 g/mol. The van der Waals surface area contributed by atoms with Gasteiger partial charge in [-0.3, -0.25) is 9.69 Å². The van der Waals surface area contributed by atoms with Crippen LogP contribution < -0.4 is 0 Å². The fraction of sp³-hybridized carbons (Fsp3) is 0.115. The van der Waals surface area contributed by atoms with Crippen LogP contribution in [0.1, 0.15) is 16.7 Å². The van der Waals surface area contributed by atoms with Crippen LogP contribution >= 0.6 is 24.0 Å². The summed E-state index contributed by atoms with van der Waals surface area (Å²) in [7, 11) is 0. The molecule has 0 radical (unpaired) electrons. The molecule has 7 heteroatoms. The first kappa shape index (κ1) is 21.4. The van der Waals surface area contributed by atoms with Crippen LogP contribution in [0.4, 0.5) is 0 Å². The summed E-state index contributed by atoms with van der Waals surface area (Å²) in [6.45, 7) is 2.05. The van der Waals surface area contributed by atoms with Gasteiger partial charge in [-0.2, -0.15) is 0 Å². The average Bonchev–Trinajstić information content (AvgIpc) is 3.34. The Morgan fingerprint density at radius 3 is 2.55 bits per heavy atom. The predicted molar refractivity (Wildman–Crippen MR) is 137 cm³/mol. The van der Waals surface area contributed by atoms with Gasteiger partial charge in [-0.25, -0.2) is 4.79 Å². The molecule has 0 bridgehead atoms. The maximum atomic E-state index is 13.3. The highest BCUT2D eigenvalue weighted by Gasteiger charge is 2.40. The number of carbonyl (C=O) groups is 2. The van der Waals surface area contributed by atoms with E-state index in [4.69, 9.17) is 12.2 Å². The number of carboxylic acid groups (broad SMARTS) is 1. The van der Waals surface area contributed by atoms with Crippen molar-refractivity contribution in [1.82, 2.24) is 9.88 Å². The Labute approximate surface area is 200 Å². The minimum absolute atomic E-state index is 0.159. The maximum absolute atomic E-state index is 13.3. The van der Waals surface area contributed by atoms with E-state index >= 15 is 0 Å². The van der Waals surface area contributed by atoms with E-state index in [1.54, 1.807) is 6.20 Å². The minimum Gasteiger partial charge on any atom is -0.480 e. The van der Waals surface area contributed by atoms with Crippen LogP contribution in [0.5, 0.6) is 0 Å². The van der Waals surface area contributed by atoms with Gasteiger partial charge in [0.25, 0.3) is 5.91 Å². The van der Waals surface area contributed by atoms with E-state index in [1.807, 2.05) is 67.6 Å². The molecule has 0 aliphatic carbocycles. The number of para-hydroxylation sites is 1. The third kappa shape index (κ3) is 3.83. The monoisotopic (exact) mass is 472 g/mol. The molecule has 4 aromatic rings. The van der Waals surface area contributed by atoms with Crippen LogP contribution in [0.2, 0.25) is 0 Å². The summed E-state index contributed by atoms with van der Waals surface area (Å²) in [6.07, 6.45) is 3.77. The van der Waals surface area contributed by atoms with Gasteiger partial charge in [0.05, 0.1) is 4.91 Å². The molecule has 1 amide bonds. The SMILES string of the molecule is Cc1ccc(/C=C2\SC(=S)N([C@H](Cc3c[nH]c4ccccc34)C(=O)O)C2=O)c2ccccc12. The largest absolute Gasteiger partial charge is 0.480 e. The lowest BCUT2D eigenvalue weighted by Crippen LogP contribution is -2.45. The molecule has 1 aromatic heterocycles. The van der Waals surface area contributed by atoms with E-state index in [0.717, 1.165) is 50.1 Å². The number of aryl methyl sites for hydroxylation is 1. The van der Waals surface area contributed by atoms with Crippen LogP contribution in [0, 0.1) is 6.92 Å². The van der Waals surface area contributed by atoms with Gasteiger partial charge >= 0.3 is 5.97 Å². The number of rotatable bonds is 5. The summed E-state index contributed by atoms with van der Waals surface area (Å²) in [5.41, 5.74) is 3.81. The number of carboxylic acids is 1. The number of fused-ring (bicyclic) bond motifs is 2. The number of nitrogens with one attached hydrogen (secondary N) is 1. The van der Waals surface area contributed by atoms with E-state index in [1.165, 1.54) is 4.90 Å². The molecule has 2 heterocycles. The number of thioether (sulfide) groups is 1. The van der Waals surface area contributed by atoms with Crippen molar-refractivity contribution >= 4 is 67.9 Å². The number of carbonyl (C=O) groups excluding carboxylic acids is 1. The summed E-state index contributed by atoms with van der Waals surface area (Å²) < 4.78 is 0.259. The molecule has 0 unspecified atom stereocenters. The standard InChI is InChI=1S/C26H20N2O3S2/c1-15-10-11-16(19-7-3-2-6-18(15)19)13-23-24(29)28(26(32)33-23)22(25(30)31)12-17-14-27-21-9-5-4-8-20(17)21/h2-11,13-14,22,27H,12H2,1H3,(H,30,31)/b23-13-/t22-/m1/s1. The van der Waals surface area contributed by atoms with Crippen molar-refractivity contribution in [1.29, 1.82) is 0 Å². The maximum Gasteiger partial charge on any atom is 0.327 e. The van der Waals surface area contributed by atoms with Crippen LogP contribution in [-0.4, -0.2) is 37.2 Å². The van der Waals surface area contributed by atoms with Gasteiger partial charge in [-0.1, -0.05) is 78.6 Å². The fourth-order valence-corrected chi connectivity index (χ4v) is 5.63. The number of benzene rings is 3. The summed E-state index contributed by atoms with van der Waals surface area (Å²) in [6, 6.07) is 18.6. The fourth-order valence-electron chi connectivity index (χ4n) is 4.29. The quantitative estimate of drug-likeness (QED) is 0.295. The van der Waals surface area contributed by atoms with Gasteiger partial charge in [-0.15, -0.1) is 0 Å². The Bertz CT molecular complexity index is 1470. The number of nitrogens with zero attached hydrogens (tertiary/aromatic N) is 1. The molecule has 5 nitrogen and oxygen atoms in total. The summed E-state index contributed by atoms with van der Waals surface area (Å²) in [4.78, 5) is 30.4. The van der Waals surface area contributed by atoms with E-state index in [0.29, 0.717) is 4.91 Å². The van der Waals surface area contributed by atoms with Gasteiger partial charge in [0.2, 0.25) is 0 Å². The number of H-pyrrole nitrogens is 1. The Hall–Kier alpha value is -3.42. The molecule has 1 fully saturated rings. The predicted octanol–water partition coefficient (Wildman–Crippen LogP) is 5.53. The number of amides is 1. The van der Waals surface area contributed by atoms with Crippen molar-refractivity contribution in [3.05, 3.63) is 88.5 Å². The van der Waals surface area contributed by atoms with Crippen LogP contribution in [0.3, 0.4) is 0 Å². The van der Waals surface area contributed by atoms with Crippen LogP contribution in [0.15, 0.2) is 71.8 Å². The van der Waals surface area contributed by atoms with Gasteiger partial charge in [0.1, 0.15) is 10.4 Å². The number of hydrogen-bond donors (Lipinski definition) is 2. The Morgan fingerprint density at radius 2 is 1.79 bits per heavy atom. The molecule has 1 aliphatic heterocycles. The molecular formula is C26H20N2O3S2. The minimum atomic E-state index is -1.09. The highest BCUT2D eigenvalue weighted by Crippen LogP contribution is 2.36. The number of aromatic amines is 1. The molecule has 0 spiro atoms. The zero-order chi connectivity index (χ0) is 23.1. The van der Waals surface area contributed by atoms with Gasteiger partial charge < -0.3 is 10.1 Å². The zero-order valence-corrected chi connectivity index (χ0v) is 19.4. The second-order valence-corrected chi connectivity index (χ2v) is 9.66. The van der Waals surface area contributed by atoms with Gasteiger partial charge in [0, 0.05) is 23.5 Å². The van der Waals surface area contributed by atoms with E-state index in [9.17, 15) is 14.7 Å². The van der Waals surface area contributed by atoms with Crippen molar-refractivity contribution in [2.75, 3.05) is 0 Å². The van der Waals surface area contributed by atoms with E-state index < -0.39 is 12.0 Å². The summed E-state index contributed by atoms with van der Waals surface area (Å²) >= 11 is 6.62. The molecule has 1 atom stereocenters. The highest BCUT2D eigenvalue weighted by molar-refractivity contribution is 8.26. The number of aromatic nitrogens is 1. The van der Waals surface area contributed by atoms with Crippen LogP contribution in [0.25, 0.3) is 27.8 Å². The van der Waals surface area contributed by atoms with E-state index in [2.05, 4.69) is 11.1 Å². The van der Waals surface area contributed by atoms with Crippen molar-refractivity contribution in [3.63, 3.8) is 0 Å². The molecule has 164 valence electrons. The zero-order valence-electron chi connectivity index (χ0n) is 17.7. The normalized spacial score (nSPS) is 16.3. The second kappa shape index (κ2) is 8.50. The average molecular weight is 473 g/mol. The van der Waals surface area contributed by atoms with Crippen LogP contribution in [-0.2, 0) is 16.0 Å².